The number of benzene rings is 2. The number of hydrogen-bond donors (Lipinski definition) is 0. The topological polar surface area (TPSA) is 24.9 Å². The highest BCUT2D eigenvalue weighted by Crippen LogP contribution is 2.33. The molecule has 0 aromatic heterocycles. The fraction of sp³-hybridized carbons (Fsp3) is 0.333. The van der Waals surface area contributed by atoms with Gasteiger partial charge in [-0.15, -0.1) is 0 Å². The second-order valence-corrected chi connectivity index (χ2v) is 6.49. The Morgan fingerprint density at radius 1 is 0.800 bits per heavy atom. The lowest BCUT2D eigenvalue weighted by atomic mass is 10.1. The molecule has 0 saturated carbocycles. The molecule has 1 unspecified atom stereocenters. The highest BCUT2D eigenvalue weighted by atomic mass is 16.5. The quantitative estimate of drug-likeness (QED) is 0.823. The summed E-state index contributed by atoms with van der Waals surface area (Å²) >= 11 is 0. The molecular weight excluding hydrogens is 312 g/mol. The van der Waals surface area contributed by atoms with Crippen molar-refractivity contribution >= 4 is 11.4 Å². The average Bonchev–Trinajstić information content (AvgIpc) is 2.62. The lowest BCUT2D eigenvalue weighted by Crippen LogP contribution is -2.51. The maximum absolute atomic E-state index is 5.80. The normalized spacial score (nSPS) is 17.9. The van der Waals surface area contributed by atoms with Crippen LogP contribution in [-0.2, 0) is 9.47 Å². The van der Waals surface area contributed by atoms with E-state index in [1.54, 1.807) is 14.2 Å². The fourth-order valence-electron chi connectivity index (χ4n) is 3.30. The Kier molecular flexibility index (Phi) is 5.00. The fourth-order valence-corrected chi connectivity index (χ4v) is 3.30. The minimum Gasteiger partial charge on any atom is -0.482 e. The summed E-state index contributed by atoms with van der Waals surface area (Å²) < 4.78 is 11.5. The van der Waals surface area contributed by atoms with Crippen molar-refractivity contribution in [3.8, 4) is 0 Å². The van der Waals surface area contributed by atoms with Gasteiger partial charge in [0.2, 0.25) is 0 Å². The number of ether oxygens (including phenoxy) is 2. The van der Waals surface area contributed by atoms with Crippen LogP contribution in [-0.4, -0.2) is 27.1 Å². The standard InChI is InChI=1S/C21H26N2O2/c1-15-6-10-18(11-7-15)22-14-23(19-12-8-16(2)9-13-19)21(25-5)17(3)20(22)24-4/h6-13,20H,14H2,1-5H3. The predicted molar refractivity (Wildman–Crippen MR) is 103 cm³/mol. The second-order valence-electron chi connectivity index (χ2n) is 6.49. The molecule has 132 valence electrons. The van der Waals surface area contributed by atoms with Gasteiger partial charge in [0.1, 0.15) is 6.67 Å². The third-order valence-electron chi connectivity index (χ3n) is 4.66. The van der Waals surface area contributed by atoms with Crippen LogP contribution in [0.15, 0.2) is 60.0 Å². The van der Waals surface area contributed by atoms with Crippen LogP contribution in [0.3, 0.4) is 0 Å². The highest BCUT2D eigenvalue weighted by Gasteiger charge is 2.33. The zero-order chi connectivity index (χ0) is 18.0. The summed E-state index contributed by atoms with van der Waals surface area (Å²) in [4.78, 5) is 4.43. The molecule has 4 heteroatoms. The van der Waals surface area contributed by atoms with Gasteiger partial charge in [-0.3, -0.25) is 4.90 Å². The molecule has 0 saturated heterocycles. The molecule has 1 aliphatic rings. The molecule has 0 N–H and O–H groups in total. The molecule has 4 nitrogen and oxygen atoms in total. The van der Waals surface area contributed by atoms with Crippen molar-refractivity contribution in [3.63, 3.8) is 0 Å². The van der Waals surface area contributed by atoms with Crippen molar-refractivity contribution in [2.45, 2.75) is 27.0 Å². The Labute approximate surface area is 150 Å². The third-order valence-corrected chi connectivity index (χ3v) is 4.66. The van der Waals surface area contributed by atoms with E-state index < -0.39 is 0 Å². The van der Waals surface area contributed by atoms with Gasteiger partial charge >= 0.3 is 0 Å². The Morgan fingerprint density at radius 3 is 1.80 bits per heavy atom. The first-order chi connectivity index (χ1) is 12.0. The molecule has 0 radical (unpaired) electrons. The Balaban J connectivity index is 2.04. The highest BCUT2D eigenvalue weighted by molar-refractivity contribution is 5.59. The van der Waals surface area contributed by atoms with E-state index >= 15 is 0 Å². The average molecular weight is 338 g/mol. The monoisotopic (exact) mass is 338 g/mol. The first-order valence-electron chi connectivity index (χ1n) is 8.50. The van der Waals surface area contributed by atoms with Crippen molar-refractivity contribution in [1.29, 1.82) is 0 Å². The van der Waals surface area contributed by atoms with Gasteiger partial charge in [0.15, 0.2) is 12.1 Å². The molecule has 3 rings (SSSR count). The molecule has 0 aliphatic carbocycles. The number of hydrogen-bond acceptors (Lipinski definition) is 4. The molecule has 1 aliphatic heterocycles. The van der Waals surface area contributed by atoms with Gasteiger partial charge in [-0.2, -0.15) is 0 Å². The minimum absolute atomic E-state index is 0.153. The van der Waals surface area contributed by atoms with Crippen molar-refractivity contribution in [1.82, 2.24) is 0 Å². The Morgan fingerprint density at radius 2 is 1.32 bits per heavy atom. The maximum atomic E-state index is 5.80. The number of nitrogens with zero attached hydrogens (tertiary/aromatic N) is 2. The van der Waals surface area contributed by atoms with E-state index in [9.17, 15) is 0 Å². The summed E-state index contributed by atoms with van der Waals surface area (Å²) in [6.45, 7) is 6.91. The van der Waals surface area contributed by atoms with Gasteiger partial charge < -0.3 is 14.4 Å². The first kappa shape index (κ1) is 17.4. The van der Waals surface area contributed by atoms with Gasteiger partial charge in [-0.25, -0.2) is 0 Å². The van der Waals surface area contributed by atoms with Gasteiger partial charge in [0.05, 0.1) is 7.11 Å². The van der Waals surface area contributed by atoms with E-state index in [2.05, 4.69) is 79.1 Å². The molecule has 25 heavy (non-hydrogen) atoms. The number of rotatable bonds is 4. The lowest BCUT2D eigenvalue weighted by Gasteiger charge is -2.43. The van der Waals surface area contributed by atoms with Crippen LogP contribution in [0.25, 0.3) is 0 Å². The number of anilines is 2. The van der Waals surface area contributed by atoms with Crippen LogP contribution in [0.4, 0.5) is 11.4 Å². The summed E-state index contributed by atoms with van der Waals surface area (Å²) in [6.07, 6.45) is -0.153. The zero-order valence-electron chi connectivity index (χ0n) is 15.6. The molecule has 0 bridgehead atoms. The molecule has 2 aromatic rings. The zero-order valence-corrected chi connectivity index (χ0v) is 15.6. The van der Waals surface area contributed by atoms with Gasteiger partial charge in [-0.1, -0.05) is 35.4 Å². The largest absolute Gasteiger partial charge is 0.482 e. The van der Waals surface area contributed by atoms with Crippen LogP contribution >= 0.6 is 0 Å². The van der Waals surface area contributed by atoms with Crippen LogP contribution < -0.4 is 9.80 Å². The minimum atomic E-state index is -0.153. The maximum Gasteiger partial charge on any atom is 0.198 e. The molecule has 1 atom stereocenters. The van der Waals surface area contributed by atoms with E-state index in [0.29, 0.717) is 6.67 Å². The Bertz CT molecular complexity index is 750. The predicted octanol–water partition coefficient (Wildman–Crippen LogP) is 4.44. The van der Waals surface area contributed by atoms with E-state index in [4.69, 9.17) is 9.47 Å². The van der Waals surface area contributed by atoms with Crippen LogP contribution in [0.2, 0.25) is 0 Å². The smallest absolute Gasteiger partial charge is 0.198 e. The van der Waals surface area contributed by atoms with Crippen molar-refractivity contribution in [3.05, 3.63) is 71.1 Å². The second kappa shape index (κ2) is 7.19. The Hall–Kier alpha value is -2.46. The molecule has 1 heterocycles. The summed E-state index contributed by atoms with van der Waals surface area (Å²) in [5, 5.41) is 0. The number of methoxy groups -OCH3 is 2. The lowest BCUT2D eigenvalue weighted by molar-refractivity contribution is 0.111. The van der Waals surface area contributed by atoms with Gasteiger partial charge in [-0.05, 0) is 45.0 Å². The molecule has 2 aromatic carbocycles. The van der Waals surface area contributed by atoms with Crippen LogP contribution in [0, 0.1) is 13.8 Å². The van der Waals surface area contributed by atoms with Crippen molar-refractivity contribution in [2.75, 3.05) is 30.7 Å². The van der Waals surface area contributed by atoms with Crippen molar-refractivity contribution < 1.29 is 9.47 Å². The first-order valence-corrected chi connectivity index (χ1v) is 8.50. The summed E-state index contributed by atoms with van der Waals surface area (Å²) in [5.41, 5.74) is 5.77. The van der Waals surface area contributed by atoms with E-state index in [0.717, 1.165) is 22.8 Å². The van der Waals surface area contributed by atoms with Crippen LogP contribution in [0.1, 0.15) is 18.1 Å². The summed E-state index contributed by atoms with van der Waals surface area (Å²) in [5.74, 6) is 0.846. The number of aryl methyl sites for hydroxylation is 2. The molecule has 0 spiro atoms. The summed E-state index contributed by atoms with van der Waals surface area (Å²) in [7, 11) is 3.46. The van der Waals surface area contributed by atoms with Gasteiger partial charge in [0.25, 0.3) is 0 Å². The summed E-state index contributed by atoms with van der Waals surface area (Å²) in [6, 6.07) is 17.0. The van der Waals surface area contributed by atoms with Crippen molar-refractivity contribution in [2.24, 2.45) is 0 Å². The van der Waals surface area contributed by atoms with Gasteiger partial charge in [0, 0.05) is 24.1 Å². The van der Waals surface area contributed by atoms with Crippen LogP contribution in [0.5, 0.6) is 0 Å². The molecule has 0 amide bonds. The third kappa shape index (κ3) is 3.35. The molecular formula is C21H26N2O2. The van der Waals surface area contributed by atoms with E-state index in [1.165, 1.54) is 11.1 Å². The van der Waals surface area contributed by atoms with E-state index in [1.807, 2.05) is 0 Å². The SMILES string of the molecule is COC1=C(C)C(OC)N(c2ccc(C)cc2)CN1c1ccc(C)cc1. The van der Waals surface area contributed by atoms with E-state index in [-0.39, 0.29) is 6.23 Å². The molecule has 0 fully saturated rings.